The number of fused-ring (bicyclic) bond motifs is 1. The van der Waals surface area contributed by atoms with E-state index in [0.717, 1.165) is 18.4 Å². The number of nitrogens with one attached hydrogen (secondary N) is 1. The van der Waals surface area contributed by atoms with Crippen LogP contribution in [0.1, 0.15) is 41.6 Å². The first kappa shape index (κ1) is 16.6. The molecule has 0 bridgehead atoms. The van der Waals surface area contributed by atoms with Gasteiger partial charge < -0.3 is 15.0 Å². The molecule has 2 N–H and O–H groups in total. The molecule has 1 heterocycles. The quantitative estimate of drug-likeness (QED) is 0.884. The van der Waals surface area contributed by atoms with E-state index in [0.29, 0.717) is 18.4 Å². The molecule has 3 rings (SSSR count). The van der Waals surface area contributed by atoms with Gasteiger partial charge >= 0.3 is 0 Å². The minimum Gasteiger partial charge on any atom is -0.391 e. The normalized spacial score (nSPS) is 21.0. The molecule has 0 saturated heterocycles. The molecule has 128 valence electrons. The smallest absolute Gasteiger partial charge is 0.257 e. The first-order chi connectivity index (χ1) is 11.4. The summed E-state index contributed by atoms with van der Waals surface area (Å²) in [6, 6.07) is 2.48. The standard InChI is InChI=1S/C18H21FN2O3/c1-10-7-8-12(19)15-16(10)21(2)9-11(17(15)23)18(24)20-13-5-3-4-6-14(13)22/h7-9,13-14,22H,3-6H2,1-2H3,(H,20,24)/t13?,14-/m0/s1. The summed E-state index contributed by atoms with van der Waals surface area (Å²) in [5, 5.41) is 12.6. The Balaban J connectivity index is 2.04. The van der Waals surface area contributed by atoms with E-state index in [2.05, 4.69) is 5.32 Å². The monoisotopic (exact) mass is 332 g/mol. The highest BCUT2D eigenvalue weighted by molar-refractivity contribution is 5.98. The van der Waals surface area contributed by atoms with Crippen LogP contribution in [0.25, 0.3) is 10.9 Å². The Hall–Kier alpha value is -2.21. The minimum atomic E-state index is -0.636. The number of aryl methyl sites for hydroxylation is 2. The lowest BCUT2D eigenvalue weighted by molar-refractivity contribution is 0.0716. The fourth-order valence-electron chi connectivity index (χ4n) is 3.48. The number of aliphatic hydroxyl groups is 1. The Morgan fingerprint density at radius 3 is 2.75 bits per heavy atom. The molecular weight excluding hydrogens is 311 g/mol. The fourth-order valence-corrected chi connectivity index (χ4v) is 3.48. The number of hydrogen-bond donors (Lipinski definition) is 2. The second kappa shape index (κ2) is 6.36. The van der Waals surface area contributed by atoms with Gasteiger partial charge in [-0.25, -0.2) is 4.39 Å². The molecule has 0 spiro atoms. The summed E-state index contributed by atoms with van der Waals surface area (Å²) in [6.07, 6.45) is 3.98. The number of carbonyl (C=O) groups excluding carboxylic acids is 1. The molecule has 1 aliphatic rings. The van der Waals surface area contributed by atoms with E-state index in [1.165, 1.54) is 12.3 Å². The van der Waals surface area contributed by atoms with Gasteiger partial charge in [0.15, 0.2) is 0 Å². The molecule has 0 aliphatic heterocycles. The molecule has 1 aromatic carbocycles. The molecule has 24 heavy (non-hydrogen) atoms. The number of amides is 1. The number of hydrogen-bond acceptors (Lipinski definition) is 3. The van der Waals surface area contributed by atoms with Gasteiger partial charge in [0.25, 0.3) is 5.91 Å². The fraction of sp³-hybridized carbons (Fsp3) is 0.444. The Bertz CT molecular complexity index is 859. The number of nitrogens with zero attached hydrogens (tertiary/aromatic N) is 1. The number of aromatic nitrogens is 1. The Morgan fingerprint density at radius 2 is 2.04 bits per heavy atom. The number of carbonyl (C=O) groups is 1. The van der Waals surface area contributed by atoms with Gasteiger partial charge in [0.05, 0.1) is 23.0 Å². The zero-order valence-electron chi connectivity index (χ0n) is 13.8. The van der Waals surface area contributed by atoms with E-state index in [1.54, 1.807) is 24.6 Å². The average molecular weight is 332 g/mol. The SMILES string of the molecule is Cc1ccc(F)c2c(=O)c(C(=O)NC3CCCC[C@@H]3O)cn(C)c12. The number of pyridine rings is 1. The van der Waals surface area contributed by atoms with Crippen molar-refractivity contribution >= 4 is 16.8 Å². The minimum absolute atomic E-state index is 0.0747. The highest BCUT2D eigenvalue weighted by Gasteiger charge is 2.26. The van der Waals surface area contributed by atoms with Gasteiger partial charge in [-0.2, -0.15) is 0 Å². The second-order valence-electron chi connectivity index (χ2n) is 6.50. The van der Waals surface area contributed by atoms with Crippen LogP contribution in [0.4, 0.5) is 4.39 Å². The molecule has 1 amide bonds. The number of aliphatic hydroxyl groups excluding tert-OH is 1. The van der Waals surface area contributed by atoms with Crippen molar-refractivity contribution in [3.8, 4) is 0 Å². The van der Waals surface area contributed by atoms with Crippen LogP contribution in [0.15, 0.2) is 23.1 Å². The van der Waals surface area contributed by atoms with E-state index >= 15 is 0 Å². The molecule has 0 radical (unpaired) electrons. The van der Waals surface area contributed by atoms with Crippen molar-refractivity contribution < 1.29 is 14.3 Å². The van der Waals surface area contributed by atoms with Crippen molar-refractivity contribution in [2.45, 2.75) is 44.8 Å². The summed E-state index contributed by atoms with van der Waals surface area (Å²) in [4.78, 5) is 25.2. The van der Waals surface area contributed by atoms with E-state index in [1.807, 2.05) is 0 Å². The van der Waals surface area contributed by atoms with Crippen molar-refractivity contribution in [3.05, 3.63) is 45.5 Å². The topological polar surface area (TPSA) is 71.3 Å². The second-order valence-corrected chi connectivity index (χ2v) is 6.50. The van der Waals surface area contributed by atoms with Crippen LogP contribution in [-0.2, 0) is 7.05 Å². The van der Waals surface area contributed by atoms with E-state index in [-0.39, 0.29) is 17.0 Å². The number of halogens is 1. The van der Waals surface area contributed by atoms with Crippen LogP contribution in [0.3, 0.4) is 0 Å². The van der Waals surface area contributed by atoms with Crippen molar-refractivity contribution in [2.24, 2.45) is 7.05 Å². The highest BCUT2D eigenvalue weighted by Crippen LogP contribution is 2.20. The lowest BCUT2D eigenvalue weighted by Gasteiger charge is -2.28. The maximum absolute atomic E-state index is 14.2. The summed E-state index contributed by atoms with van der Waals surface area (Å²) in [6.45, 7) is 1.79. The third-order valence-corrected chi connectivity index (χ3v) is 4.77. The van der Waals surface area contributed by atoms with Gasteiger partial charge in [-0.15, -0.1) is 0 Å². The molecular formula is C18H21FN2O3. The molecule has 1 aromatic heterocycles. The zero-order chi connectivity index (χ0) is 17.4. The third kappa shape index (κ3) is 2.82. The van der Waals surface area contributed by atoms with Crippen LogP contribution in [0, 0.1) is 12.7 Å². The Morgan fingerprint density at radius 1 is 1.33 bits per heavy atom. The maximum atomic E-state index is 14.2. The van der Waals surface area contributed by atoms with Gasteiger partial charge in [-0.05, 0) is 31.4 Å². The Labute approximate surface area is 139 Å². The summed E-state index contributed by atoms with van der Waals surface area (Å²) in [7, 11) is 1.68. The molecule has 1 saturated carbocycles. The van der Waals surface area contributed by atoms with Crippen LogP contribution < -0.4 is 10.7 Å². The van der Waals surface area contributed by atoms with Crippen LogP contribution in [-0.4, -0.2) is 27.7 Å². The molecule has 6 heteroatoms. The summed E-state index contributed by atoms with van der Waals surface area (Å²) >= 11 is 0. The highest BCUT2D eigenvalue weighted by atomic mass is 19.1. The van der Waals surface area contributed by atoms with Gasteiger partial charge in [0, 0.05) is 13.2 Å². The van der Waals surface area contributed by atoms with Crippen molar-refractivity contribution in [1.82, 2.24) is 9.88 Å². The molecule has 2 atom stereocenters. The first-order valence-electron chi connectivity index (χ1n) is 8.17. The summed E-state index contributed by atoms with van der Waals surface area (Å²) < 4.78 is 15.8. The summed E-state index contributed by atoms with van der Waals surface area (Å²) in [5.41, 5.74) is 0.522. The molecule has 2 aromatic rings. The molecule has 1 aliphatic carbocycles. The largest absolute Gasteiger partial charge is 0.391 e. The average Bonchev–Trinajstić information content (AvgIpc) is 2.55. The van der Waals surface area contributed by atoms with Crippen molar-refractivity contribution in [3.63, 3.8) is 0 Å². The van der Waals surface area contributed by atoms with Gasteiger partial charge in [-0.1, -0.05) is 18.9 Å². The van der Waals surface area contributed by atoms with Gasteiger partial charge in [0.2, 0.25) is 5.43 Å². The van der Waals surface area contributed by atoms with Gasteiger partial charge in [-0.3, -0.25) is 9.59 Å². The zero-order valence-corrected chi connectivity index (χ0v) is 13.8. The predicted molar refractivity (Wildman–Crippen MR) is 89.6 cm³/mol. The lowest BCUT2D eigenvalue weighted by Crippen LogP contribution is -2.46. The predicted octanol–water partition coefficient (Wildman–Crippen LogP) is 2.02. The van der Waals surface area contributed by atoms with Gasteiger partial charge in [0.1, 0.15) is 11.4 Å². The third-order valence-electron chi connectivity index (χ3n) is 4.77. The first-order valence-corrected chi connectivity index (χ1v) is 8.17. The van der Waals surface area contributed by atoms with Crippen LogP contribution in [0.5, 0.6) is 0 Å². The van der Waals surface area contributed by atoms with E-state index in [4.69, 9.17) is 0 Å². The van der Waals surface area contributed by atoms with Crippen molar-refractivity contribution in [1.29, 1.82) is 0 Å². The van der Waals surface area contributed by atoms with Crippen LogP contribution in [0.2, 0.25) is 0 Å². The maximum Gasteiger partial charge on any atom is 0.257 e. The van der Waals surface area contributed by atoms with Crippen molar-refractivity contribution in [2.75, 3.05) is 0 Å². The number of benzene rings is 1. The lowest BCUT2D eigenvalue weighted by atomic mass is 9.92. The Kier molecular flexibility index (Phi) is 4.41. The van der Waals surface area contributed by atoms with Crippen LogP contribution >= 0.6 is 0 Å². The summed E-state index contributed by atoms with van der Waals surface area (Å²) in [5.74, 6) is -1.20. The van der Waals surface area contributed by atoms with E-state index < -0.39 is 23.3 Å². The molecule has 1 fully saturated rings. The number of rotatable bonds is 2. The molecule has 5 nitrogen and oxygen atoms in total. The van der Waals surface area contributed by atoms with E-state index in [9.17, 15) is 19.1 Å². The molecule has 1 unspecified atom stereocenters.